The first-order valence-electron chi connectivity index (χ1n) is 8.67. The standard InChI is InChI=1S/C23H12ClNOS/c24-21-20-16-7-3-4-8-18(16)26-19(20)12-17-22(21)27-23(25-17)15-10-9-13-5-1-2-6-14(13)11-15/h1-12H. The van der Waals surface area contributed by atoms with Crippen molar-refractivity contribution >= 4 is 65.9 Å². The minimum Gasteiger partial charge on any atom is -0.456 e. The Morgan fingerprint density at radius 1 is 0.815 bits per heavy atom. The zero-order valence-electron chi connectivity index (χ0n) is 14.1. The van der Waals surface area contributed by atoms with Gasteiger partial charge in [0.25, 0.3) is 0 Å². The third-order valence-electron chi connectivity index (χ3n) is 4.96. The molecule has 0 saturated heterocycles. The summed E-state index contributed by atoms with van der Waals surface area (Å²) in [4.78, 5) is 4.84. The number of benzene rings is 4. The second-order valence-electron chi connectivity index (χ2n) is 6.59. The first kappa shape index (κ1) is 15.2. The molecule has 4 aromatic carbocycles. The van der Waals surface area contributed by atoms with Crippen LogP contribution in [0.1, 0.15) is 0 Å². The number of thiazole rings is 1. The Balaban J connectivity index is 1.62. The highest BCUT2D eigenvalue weighted by Crippen LogP contribution is 2.42. The van der Waals surface area contributed by atoms with Crippen molar-refractivity contribution in [3.05, 3.63) is 77.8 Å². The SMILES string of the molecule is Clc1c2sc(-c3ccc4ccccc4c3)nc2cc2oc3ccccc3c12. The molecular formula is C23H12ClNOS. The summed E-state index contributed by atoms with van der Waals surface area (Å²) in [5.41, 5.74) is 3.61. The largest absolute Gasteiger partial charge is 0.456 e. The molecule has 128 valence electrons. The third-order valence-corrected chi connectivity index (χ3v) is 6.59. The molecule has 2 nitrogen and oxygen atoms in total. The van der Waals surface area contributed by atoms with Gasteiger partial charge >= 0.3 is 0 Å². The molecule has 0 aliphatic heterocycles. The van der Waals surface area contributed by atoms with Crippen LogP contribution in [-0.2, 0) is 0 Å². The van der Waals surface area contributed by atoms with Gasteiger partial charge in [0.05, 0.1) is 15.2 Å². The van der Waals surface area contributed by atoms with Crippen LogP contribution in [0.4, 0.5) is 0 Å². The maximum Gasteiger partial charge on any atom is 0.139 e. The molecule has 0 saturated carbocycles. The molecule has 2 heterocycles. The minimum atomic E-state index is 0.719. The van der Waals surface area contributed by atoms with E-state index in [0.29, 0.717) is 0 Å². The van der Waals surface area contributed by atoms with Gasteiger partial charge in [0.15, 0.2) is 0 Å². The van der Waals surface area contributed by atoms with E-state index in [2.05, 4.69) is 42.5 Å². The number of hydrogen-bond donors (Lipinski definition) is 0. The highest BCUT2D eigenvalue weighted by molar-refractivity contribution is 7.22. The van der Waals surface area contributed by atoms with Crippen LogP contribution in [0.2, 0.25) is 5.02 Å². The molecule has 0 N–H and O–H groups in total. The van der Waals surface area contributed by atoms with Crippen molar-refractivity contribution in [3.8, 4) is 10.6 Å². The van der Waals surface area contributed by atoms with Gasteiger partial charge in [-0.15, -0.1) is 11.3 Å². The van der Waals surface area contributed by atoms with Crippen LogP contribution in [0.3, 0.4) is 0 Å². The van der Waals surface area contributed by atoms with Crippen molar-refractivity contribution < 1.29 is 4.42 Å². The van der Waals surface area contributed by atoms with Gasteiger partial charge in [0.2, 0.25) is 0 Å². The van der Waals surface area contributed by atoms with Gasteiger partial charge in [-0.1, -0.05) is 66.2 Å². The summed E-state index contributed by atoms with van der Waals surface area (Å²) in [6, 6.07) is 24.8. The molecule has 27 heavy (non-hydrogen) atoms. The molecular weight excluding hydrogens is 374 g/mol. The summed E-state index contributed by atoms with van der Waals surface area (Å²) >= 11 is 8.43. The Morgan fingerprint density at radius 2 is 1.63 bits per heavy atom. The molecule has 6 aromatic rings. The van der Waals surface area contributed by atoms with E-state index in [1.807, 2.05) is 30.3 Å². The maximum absolute atomic E-state index is 6.80. The number of rotatable bonds is 1. The monoisotopic (exact) mass is 385 g/mol. The highest BCUT2D eigenvalue weighted by Gasteiger charge is 2.17. The second-order valence-corrected chi connectivity index (χ2v) is 7.97. The summed E-state index contributed by atoms with van der Waals surface area (Å²) in [6.07, 6.45) is 0. The fraction of sp³-hybridized carbons (Fsp3) is 0. The summed E-state index contributed by atoms with van der Waals surface area (Å²) in [7, 11) is 0. The number of hydrogen-bond acceptors (Lipinski definition) is 3. The van der Waals surface area contributed by atoms with E-state index in [1.54, 1.807) is 11.3 Å². The van der Waals surface area contributed by atoms with Gasteiger partial charge in [-0.3, -0.25) is 0 Å². The van der Waals surface area contributed by atoms with Gasteiger partial charge in [-0.25, -0.2) is 4.98 Å². The summed E-state index contributed by atoms with van der Waals surface area (Å²) < 4.78 is 6.99. The number of nitrogens with zero attached hydrogens (tertiary/aromatic N) is 1. The Bertz CT molecular complexity index is 1490. The molecule has 0 aliphatic carbocycles. The lowest BCUT2D eigenvalue weighted by Crippen LogP contribution is -1.77. The number of para-hydroxylation sites is 1. The van der Waals surface area contributed by atoms with Crippen molar-refractivity contribution in [2.75, 3.05) is 0 Å². The molecule has 0 atom stereocenters. The Morgan fingerprint density at radius 3 is 2.56 bits per heavy atom. The Labute approximate surface area is 163 Å². The van der Waals surface area contributed by atoms with Crippen LogP contribution in [0.15, 0.2) is 77.2 Å². The Kier molecular flexibility index (Phi) is 3.13. The fourth-order valence-corrected chi connectivity index (χ4v) is 5.05. The van der Waals surface area contributed by atoms with Gasteiger partial charge in [0.1, 0.15) is 16.2 Å². The van der Waals surface area contributed by atoms with Crippen LogP contribution in [0.5, 0.6) is 0 Å². The predicted octanol–water partition coefficient (Wildman–Crippen LogP) is 7.67. The van der Waals surface area contributed by atoms with E-state index in [1.165, 1.54) is 10.8 Å². The van der Waals surface area contributed by atoms with Crippen molar-refractivity contribution in [3.63, 3.8) is 0 Å². The zero-order chi connectivity index (χ0) is 18.0. The minimum absolute atomic E-state index is 0.719. The fourth-order valence-electron chi connectivity index (χ4n) is 3.66. The number of aromatic nitrogens is 1. The lowest BCUT2D eigenvalue weighted by atomic mass is 10.1. The summed E-state index contributed by atoms with van der Waals surface area (Å²) in [5, 5.41) is 6.13. The van der Waals surface area contributed by atoms with Crippen LogP contribution >= 0.6 is 22.9 Å². The van der Waals surface area contributed by atoms with Crippen molar-refractivity contribution in [1.29, 1.82) is 0 Å². The van der Waals surface area contributed by atoms with Gasteiger partial charge in [0, 0.05) is 22.4 Å². The van der Waals surface area contributed by atoms with Crippen LogP contribution in [-0.4, -0.2) is 4.98 Å². The van der Waals surface area contributed by atoms with Crippen molar-refractivity contribution in [1.82, 2.24) is 4.98 Å². The molecule has 2 aromatic heterocycles. The number of furan rings is 1. The van der Waals surface area contributed by atoms with E-state index in [9.17, 15) is 0 Å². The number of halogens is 1. The van der Waals surface area contributed by atoms with E-state index in [4.69, 9.17) is 21.0 Å². The van der Waals surface area contributed by atoms with Crippen LogP contribution in [0, 0.1) is 0 Å². The molecule has 6 rings (SSSR count). The first-order valence-corrected chi connectivity index (χ1v) is 9.87. The lowest BCUT2D eigenvalue weighted by molar-refractivity contribution is 0.669. The highest BCUT2D eigenvalue weighted by atomic mass is 35.5. The second kappa shape index (κ2) is 5.56. The van der Waals surface area contributed by atoms with Crippen molar-refractivity contribution in [2.24, 2.45) is 0 Å². The number of fused-ring (bicyclic) bond motifs is 5. The average molecular weight is 386 g/mol. The lowest BCUT2D eigenvalue weighted by Gasteiger charge is -2.00. The summed E-state index contributed by atoms with van der Waals surface area (Å²) in [5.74, 6) is 0. The molecule has 0 fully saturated rings. The molecule has 0 amide bonds. The van der Waals surface area contributed by atoms with E-state index >= 15 is 0 Å². The quantitative estimate of drug-likeness (QED) is 0.290. The molecule has 0 aliphatic rings. The molecule has 4 heteroatoms. The maximum atomic E-state index is 6.80. The van der Waals surface area contributed by atoms with E-state index in [0.717, 1.165) is 47.7 Å². The van der Waals surface area contributed by atoms with Gasteiger partial charge < -0.3 is 4.42 Å². The Hall–Kier alpha value is -2.88. The van der Waals surface area contributed by atoms with Gasteiger partial charge in [-0.05, 0) is 22.9 Å². The average Bonchev–Trinajstić information content (AvgIpc) is 3.29. The smallest absolute Gasteiger partial charge is 0.139 e. The third kappa shape index (κ3) is 2.22. The van der Waals surface area contributed by atoms with Crippen LogP contribution < -0.4 is 0 Å². The zero-order valence-corrected chi connectivity index (χ0v) is 15.6. The molecule has 0 spiro atoms. The topological polar surface area (TPSA) is 26.0 Å². The van der Waals surface area contributed by atoms with Crippen molar-refractivity contribution in [2.45, 2.75) is 0 Å². The first-order chi connectivity index (χ1) is 13.3. The van der Waals surface area contributed by atoms with E-state index < -0.39 is 0 Å². The molecule has 0 bridgehead atoms. The predicted molar refractivity (Wildman–Crippen MR) is 115 cm³/mol. The molecule has 0 radical (unpaired) electrons. The summed E-state index contributed by atoms with van der Waals surface area (Å²) in [6.45, 7) is 0. The normalized spacial score (nSPS) is 11.9. The van der Waals surface area contributed by atoms with Gasteiger partial charge in [-0.2, -0.15) is 0 Å². The molecule has 0 unspecified atom stereocenters. The van der Waals surface area contributed by atoms with E-state index in [-0.39, 0.29) is 0 Å². The van der Waals surface area contributed by atoms with Crippen LogP contribution in [0.25, 0.3) is 53.5 Å².